The van der Waals surface area contributed by atoms with E-state index in [-0.39, 0.29) is 0 Å². The van der Waals surface area contributed by atoms with Gasteiger partial charge in [0.1, 0.15) is 0 Å². The van der Waals surface area contributed by atoms with Gasteiger partial charge in [0.2, 0.25) is 0 Å². The van der Waals surface area contributed by atoms with Gasteiger partial charge in [0, 0.05) is 27.1 Å². The van der Waals surface area contributed by atoms with Gasteiger partial charge in [-0.1, -0.05) is 27.5 Å². The molecule has 94 valence electrons. The quantitative estimate of drug-likeness (QED) is 0.549. The number of anilines is 1. The third-order valence-electron chi connectivity index (χ3n) is 2.51. The van der Waals surface area contributed by atoms with Gasteiger partial charge in [0.15, 0.2) is 0 Å². The summed E-state index contributed by atoms with van der Waals surface area (Å²) >= 11 is 11.1. The summed E-state index contributed by atoms with van der Waals surface area (Å²) < 4.78 is 1.11. The smallest absolute Gasteiger partial charge is 0.0682 e. The molecule has 0 unspecified atom stereocenters. The van der Waals surface area contributed by atoms with Crippen molar-refractivity contribution >= 4 is 45.0 Å². The highest BCUT2D eigenvalue weighted by molar-refractivity contribution is 9.10. The molecule has 2 aromatic rings. The van der Waals surface area contributed by atoms with Crippen LogP contribution in [0.4, 0.5) is 5.69 Å². The largest absolute Gasteiger partial charge is 0.365 e. The summed E-state index contributed by atoms with van der Waals surface area (Å²) in [6.07, 6.45) is 0. The molecule has 0 N–H and O–H groups in total. The van der Waals surface area contributed by atoms with Crippen LogP contribution in [0.25, 0.3) is 0 Å². The first kappa shape index (κ1) is 13.8. The minimum atomic E-state index is 0.771. The molecule has 0 spiro atoms. The van der Waals surface area contributed by atoms with Crippen LogP contribution in [0.15, 0.2) is 57.9 Å². The van der Waals surface area contributed by atoms with E-state index in [2.05, 4.69) is 52.1 Å². The Morgan fingerprint density at radius 3 is 2.28 bits per heavy atom. The van der Waals surface area contributed by atoms with Gasteiger partial charge in [-0.3, -0.25) is 0 Å². The van der Waals surface area contributed by atoms with Crippen molar-refractivity contribution in [3.05, 3.63) is 58.0 Å². The zero-order valence-corrected chi connectivity index (χ0v) is 13.1. The van der Waals surface area contributed by atoms with E-state index in [4.69, 9.17) is 11.6 Å². The standard InChI is InChI=1S/C14H13BrClNS/c1-17(13-6-4-12(16)5-7-13)10-18-14-8-2-11(15)3-9-14/h2-9H,10H2,1H3. The molecule has 18 heavy (non-hydrogen) atoms. The van der Waals surface area contributed by atoms with Crippen molar-refractivity contribution in [2.24, 2.45) is 0 Å². The van der Waals surface area contributed by atoms with Crippen molar-refractivity contribution < 1.29 is 0 Å². The Balaban J connectivity index is 1.93. The molecule has 0 fully saturated rings. The predicted octanol–water partition coefficient (Wildman–Crippen LogP) is 5.29. The third-order valence-corrected chi connectivity index (χ3v) is 4.41. The number of rotatable bonds is 4. The van der Waals surface area contributed by atoms with E-state index in [0.717, 1.165) is 15.4 Å². The average molecular weight is 343 g/mol. The topological polar surface area (TPSA) is 3.24 Å². The van der Waals surface area contributed by atoms with Crippen LogP contribution in [0.2, 0.25) is 5.02 Å². The fourth-order valence-corrected chi connectivity index (χ4v) is 2.68. The molecular weight excluding hydrogens is 330 g/mol. The van der Waals surface area contributed by atoms with Gasteiger partial charge in [-0.05, 0) is 48.5 Å². The number of thioether (sulfide) groups is 1. The van der Waals surface area contributed by atoms with Crippen LogP contribution in [0.3, 0.4) is 0 Å². The maximum absolute atomic E-state index is 5.88. The lowest BCUT2D eigenvalue weighted by molar-refractivity contribution is 1.09. The van der Waals surface area contributed by atoms with E-state index in [9.17, 15) is 0 Å². The number of halogens is 2. The SMILES string of the molecule is CN(CSc1ccc(Br)cc1)c1ccc(Cl)cc1. The van der Waals surface area contributed by atoms with Gasteiger partial charge >= 0.3 is 0 Å². The Morgan fingerprint density at radius 1 is 1.06 bits per heavy atom. The minimum absolute atomic E-state index is 0.771. The molecule has 1 nitrogen and oxygen atoms in total. The Hall–Kier alpha value is -0.640. The lowest BCUT2D eigenvalue weighted by Gasteiger charge is -2.18. The van der Waals surface area contributed by atoms with E-state index in [1.54, 1.807) is 0 Å². The van der Waals surface area contributed by atoms with Crippen LogP contribution < -0.4 is 4.90 Å². The first-order valence-electron chi connectivity index (χ1n) is 5.50. The number of benzene rings is 2. The van der Waals surface area contributed by atoms with Gasteiger partial charge in [-0.25, -0.2) is 0 Å². The van der Waals surface area contributed by atoms with Gasteiger partial charge in [0.05, 0.1) is 5.88 Å². The highest BCUT2D eigenvalue weighted by Gasteiger charge is 2.01. The second kappa shape index (κ2) is 6.50. The average Bonchev–Trinajstić information content (AvgIpc) is 2.38. The highest BCUT2D eigenvalue weighted by atomic mass is 79.9. The van der Waals surface area contributed by atoms with E-state index >= 15 is 0 Å². The van der Waals surface area contributed by atoms with Crippen LogP contribution in [-0.2, 0) is 0 Å². The summed E-state index contributed by atoms with van der Waals surface area (Å²) in [5, 5.41) is 0.771. The molecule has 2 rings (SSSR count). The molecule has 0 atom stereocenters. The second-order valence-corrected chi connectivity index (χ2v) is 6.27. The summed E-state index contributed by atoms with van der Waals surface area (Å²) in [6.45, 7) is 0. The summed E-state index contributed by atoms with van der Waals surface area (Å²) in [7, 11) is 2.08. The van der Waals surface area contributed by atoms with Crippen molar-refractivity contribution in [1.82, 2.24) is 0 Å². The van der Waals surface area contributed by atoms with Gasteiger partial charge in [-0.2, -0.15) is 0 Å². The molecule has 0 saturated heterocycles. The Labute approximate surface area is 125 Å². The second-order valence-electron chi connectivity index (χ2n) is 3.90. The number of nitrogens with zero attached hydrogens (tertiary/aromatic N) is 1. The molecule has 0 aliphatic heterocycles. The van der Waals surface area contributed by atoms with Crippen LogP contribution >= 0.6 is 39.3 Å². The normalized spacial score (nSPS) is 10.4. The third kappa shape index (κ3) is 3.94. The zero-order valence-electron chi connectivity index (χ0n) is 9.94. The van der Waals surface area contributed by atoms with Gasteiger partial charge in [0.25, 0.3) is 0 Å². The molecule has 0 bridgehead atoms. The van der Waals surface area contributed by atoms with Gasteiger partial charge in [-0.15, -0.1) is 11.8 Å². The Bertz CT molecular complexity index is 498. The highest BCUT2D eigenvalue weighted by Crippen LogP contribution is 2.24. The van der Waals surface area contributed by atoms with Crippen LogP contribution in [0.1, 0.15) is 0 Å². The van der Waals surface area contributed by atoms with Crippen molar-refractivity contribution in [1.29, 1.82) is 0 Å². The predicted molar refractivity (Wildman–Crippen MR) is 84.7 cm³/mol. The lowest BCUT2D eigenvalue weighted by atomic mass is 10.3. The summed E-state index contributed by atoms with van der Waals surface area (Å²) in [5.74, 6) is 0.906. The van der Waals surface area contributed by atoms with Crippen molar-refractivity contribution in [3.63, 3.8) is 0 Å². The summed E-state index contributed by atoms with van der Waals surface area (Å²) in [5.41, 5.74) is 1.17. The molecule has 0 aliphatic rings. The molecule has 0 aromatic heterocycles. The first-order valence-corrected chi connectivity index (χ1v) is 7.66. The maximum atomic E-state index is 5.88. The van der Waals surface area contributed by atoms with Crippen LogP contribution in [0.5, 0.6) is 0 Å². The molecule has 4 heteroatoms. The zero-order chi connectivity index (χ0) is 13.0. The monoisotopic (exact) mass is 341 g/mol. The van der Waals surface area contributed by atoms with E-state index in [0.29, 0.717) is 0 Å². The fourth-order valence-electron chi connectivity index (χ4n) is 1.47. The first-order chi connectivity index (χ1) is 8.65. The number of hydrogen-bond donors (Lipinski definition) is 0. The summed E-state index contributed by atoms with van der Waals surface area (Å²) in [6, 6.07) is 16.2. The summed E-state index contributed by atoms with van der Waals surface area (Å²) in [4.78, 5) is 3.46. The van der Waals surface area contributed by atoms with Crippen LogP contribution in [0, 0.1) is 0 Å². The molecule has 0 saturated carbocycles. The van der Waals surface area contributed by atoms with E-state index in [1.807, 2.05) is 36.0 Å². The maximum Gasteiger partial charge on any atom is 0.0682 e. The van der Waals surface area contributed by atoms with E-state index in [1.165, 1.54) is 10.6 Å². The van der Waals surface area contributed by atoms with Crippen LogP contribution in [-0.4, -0.2) is 12.9 Å². The van der Waals surface area contributed by atoms with Crippen molar-refractivity contribution in [2.45, 2.75) is 4.90 Å². The molecular formula is C14H13BrClNS. The number of hydrogen-bond acceptors (Lipinski definition) is 2. The van der Waals surface area contributed by atoms with Crippen molar-refractivity contribution in [3.8, 4) is 0 Å². The molecule has 0 heterocycles. The van der Waals surface area contributed by atoms with E-state index < -0.39 is 0 Å². The Kier molecular flexibility index (Phi) is 4.98. The Morgan fingerprint density at radius 2 is 1.67 bits per heavy atom. The molecule has 2 aromatic carbocycles. The van der Waals surface area contributed by atoms with Gasteiger partial charge < -0.3 is 4.90 Å². The molecule has 0 radical (unpaired) electrons. The minimum Gasteiger partial charge on any atom is -0.365 e. The molecule has 0 aliphatic carbocycles. The fraction of sp³-hybridized carbons (Fsp3) is 0.143. The molecule has 0 amide bonds. The lowest BCUT2D eigenvalue weighted by Crippen LogP contribution is -2.15. The van der Waals surface area contributed by atoms with Crippen molar-refractivity contribution in [2.75, 3.05) is 17.8 Å².